The van der Waals surface area contributed by atoms with Crippen LogP contribution in [0.2, 0.25) is 0 Å². The zero-order valence-corrected chi connectivity index (χ0v) is 21.0. The van der Waals surface area contributed by atoms with E-state index in [9.17, 15) is 13.2 Å². The molecule has 0 aliphatic heterocycles. The van der Waals surface area contributed by atoms with Gasteiger partial charge in [0.25, 0.3) is 0 Å². The smallest absolute Gasteiger partial charge is 0.242 e. The van der Waals surface area contributed by atoms with Gasteiger partial charge in [-0.2, -0.15) is 0 Å². The first kappa shape index (κ1) is 22.8. The minimum absolute atomic E-state index is 0.0844. The highest BCUT2D eigenvalue weighted by atomic mass is 32.2. The lowest BCUT2D eigenvalue weighted by Gasteiger charge is -2.59. The molecule has 0 saturated heterocycles. The zero-order valence-electron chi connectivity index (χ0n) is 20.2. The molecule has 0 radical (unpaired) electrons. The number of hydrogen-bond donors (Lipinski definition) is 1. The fourth-order valence-corrected chi connectivity index (χ4v) is 8.15. The number of fused-ring (bicyclic) bond motifs is 1. The van der Waals surface area contributed by atoms with Crippen molar-refractivity contribution < 1.29 is 13.2 Å². The molecule has 4 saturated carbocycles. The van der Waals surface area contributed by atoms with Gasteiger partial charge in [0.2, 0.25) is 15.9 Å². The predicted molar refractivity (Wildman–Crippen MR) is 128 cm³/mol. The summed E-state index contributed by atoms with van der Waals surface area (Å²) in [7, 11) is 1.45. The van der Waals surface area contributed by atoms with Crippen LogP contribution < -0.4 is 5.32 Å². The van der Waals surface area contributed by atoms with Crippen molar-refractivity contribution in [1.29, 1.82) is 0 Å². The molecule has 8 heteroatoms. The molecule has 4 fully saturated rings. The first-order valence-corrected chi connectivity index (χ1v) is 13.7. The van der Waals surface area contributed by atoms with Crippen molar-refractivity contribution in [2.75, 3.05) is 14.1 Å². The number of aromatic nitrogens is 2. The van der Waals surface area contributed by atoms with Crippen LogP contribution in [-0.4, -0.2) is 48.3 Å². The third kappa shape index (κ3) is 3.99. The Balaban J connectivity index is 1.25. The number of carbonyl (C=O) groups excluding carboxylic acids is 1. The monoisotopic (exact) mass is 472 g/mol. The molecule has 33 heavy (non-hydrogen) atoms. The van der Waals surface area contributed by atoms with E-state index in [-0.39, 0.29) is 16.8 Å². The molecule has 1 aromatic heterocycles. The highest BCUT2D eigenvalue weighted by Crippen LogP contribution is 2.61. The number of imidazole rings is 1. The molecule has 1 aromatic carbocycles. The standard InChI is InChI=1S/C25H36N4O3S/c1-16(25-13-17-9-18(14-25)11-19(10-17)15-25)26-24(30)8-7-23-27-21-12-20(33(31,32)28(2)3)5-6-22(21)29(23)4/h5-6,12,16-19H,7-11,13-15H2,1-4H3,(H,26,30)/t16-,17?,18?,19?,25?/m0/s1. The minimum Gasteiger partial charge on any atom is -0.353 e. The van der Waals surface area contributed by atoms with E-state index < -0.39 is 10.0 Å². The molecule has 4 aliphatic carbocycles. The van der Waals surface area contributed by atoms with Gasteiger partial charge >= 0.3 is 0 Å². The van der Waals surface area contributed by atoms with Crippen molar-refractivity contribution in [2.24, 2.45) is 30.2 Å². The number of hydrogen-bond acceptors (Lipinski definition) is 4. The number of aryl methyl sites for hydroxylation is 2. The van der Waals surface area contributed by atoms with E-state index in [0.29, 0.717) is 23.8 Å². The normalized spacial score (nSPS) is 29.7. The summed E-state index contributed by atoms with van der Waals surface area (Å²) in [6.45, 7) is 2.22. The van der Waals surface area contributed by atoms with Crippen molar-refractivity contribution in [1.82, 2.24) is 19.2 Å². The highest BCUT2D eigenvalue weighted by molar-refractivity contribution is 7.89. The van der Waals surface area contributed by atoms with E-state index in [1.807, 2.05) is 11.6 Å². The van der Waals surface area contributed by atoms with Gasteiger partial charge in [0.15, 0.2) is 0 Å². The number of sulfonamides is 1. The third-order valence-electron chi connectivity index (χ3n) is 8.68. The molecule has 0 spiro atoms. The summed E-state index contributed by atoms with van der Waals surface area (Å²) in [6, 6.07) is 5.24. The summed E-state index contributed by atoms with van der Waals surface area (Å²) in [5.74, 6) is 3.49. The average molecular weight is 473 g/mol. The van der Waals surface area contributed by atoms with Gasteiger partial charge in [-0.15, -0.1) is 0 Å². The van der Waals surface area contributed by atoms with Gasteiger partial charge in [0.1, 0.15) is 5.82 Å². The van der Waals surface area contributed by atoms with Crippen LogP contribution in [-0.2, 0) is 28.3 Å². The summed E-state index contributed by atoms with van der Waals surface area (Å²) in [6.07, 6.45) is 8.98. The quantitative estimate of drug-likeness (QED) is 0.669. The SMILES string of the molecule is C[C@H](NC(=O)CCc1nc2cc(S(=O)(=O)N(C)C)ccc2n1C)C12CC3CC(CC(C3)C1)C2. The maximum atomic E-state index is 12.9. The predicted octanol–water partition coefficient (Wildman–Crippen LogP) is 3.48. The van der Waals surface area contributed by atoms with Gasteiger partial charge in [-0.1, -0.05) is 0 Å². The Hall–Kier alpha value is -1.93. The number of benzene rings is 1. The van der Waals surface area contributed by atoms with Crippen LogP contribution in [0.1, 0.15) is 57.7 Å². The number of amides is 1. The Morgan fingerprint density at radius 3 is 2.36 bits per heavy atom. The Bertz CT molecular complexity index is 1150. The Kier molecular flexibility index (Phi) is 5.59. The van der Waals surface area contributed by atoms with E-state index in [4.69, 9.17) is 0 Å². The van der Waals surface area contributed by atoms with E-state index in [2.05, 4.69) is 17.2 Å². The molecule has 6 rings (SSSR count). The summed E-state index contributed by atoms with van der Waals surface area (Å²) in [5.41, 5.74) is 1.80. The van der Waals surface area contributed by atoms with Crippen LogP contribution in [0.5, 0.6) is 0 Å². The van der Waals surface area contributed by atoms with Crippen molar-refractivity contribution in [2.45, 2.75) is 69.2 Å². The van der Waals surface area contributed by atoms with Crippen molar-refractivity contribution in [3.05, 3.63) is 24.0 Å². The molecular weight excluding hydrogens is 436 g/mol. The molecular formula is C25H36N4O3S. The first-order chi connectivity index (χ1) is 15.6. The summed E-state index contributed by atoms with van der Waals surface area (Å²) in [5, 5.41) is 3.34. The molecule has 4 bridgehead atoms. The van der Waals surface area contributed by atoms with Gasteiger partial charge in [-0.25, -0.2) is 17.7 Å². The topological polar surface area (TPSA) is 84.3 Å². The van der Waals surface area contributed by atoms with E-state index in [0.717, 1.165) is 29.1 Å². The van der Waals surface area contributed by atoms with E-state index in [1.54, 1.807) is 18.2 Å². The molecule has 2 aromatic rings. The van der Waals surface area contributed by atoms with Crippen LogP contribution >= 0.6 is 0 Å². The summed E-state index contributed by atoms with van der Waals surface area (Å²) >= 11 is 0. The second kappa shape index (κ2) is 8.08. The van der Waals surface area contributed by atoms with E-state index >= 15 is 0 Å². The van der Waals surface area contributed by atoms with Crippen LogP contribution in [0.15, 0.2) is 23.1 Å². The summed E-state index contributed by atoms with van der Waals surface area (Å²) in [4.78, 5) is 17.8. The van der Waals surface area contributed by atoms with Gasteiger partial charge in [-0.05, 0) is 86.8 Å². The van der Waals surface area contributed by atoms with Crippen LogP contribution in [0.4, 0.5) is 0 Å². The van der Waals surface area contributed by atoms with Crippen molar-refractivity contribution >= 4 is 27.0 Å². The molecule has 1 atom stereocenters. The largest absolute Gasteiger partial charge is 0.353 e. The third-order valence-corrected chi connectivity index (χ3v) is 10.5. The number of carbonyl (C=O) groups is 1. The molecule has 1 N–H and O–H groups in total. The fraction of sp³-hybridized carbons (Fsp3) is 0.680. The van der Waals surface area contributed by atoms with Gasteiger partial charge < -0.3 is 9.88 Å². The minimum atomic E-state index is -3.51. The Labute approximate surface area is 197 Å². The van der Waals surface area contributed by atoms with Crippen LogP contribution in [0, 0.1) is 23.2 Å². The first-order valence-electron chi connectivity index (χ1n) is 12.2. The maximum absolute atomic E-state index is 12.9. The molecule has 1 heterocycles. The summed E-state index contributed by atoms with van der Waals surface area (Å²) < 4.78 is 28.1. The molecule has 4 aliphatic rings. The van der Waals surface area contributed by atoms with Gasteiger partial charge in [0.05, 0.1) is 15.9 Å². The second-order valence-corrected chi connectivity index (χ2v) is 13.2. The van der Waals surface area contributed by atoms with Gasteiger partial charge in [-0.3, -0.25) is 4.79 Å². The molecule has 7 nitrogen and oxygen atoms in total. The molecule has 180 valence electrons. The highest BCUT2D eigenvalue weighted by Gasteiger charge is 2.53. The molecule has 1 amide bonds. The molecule has 0 unspecified atom stereocenters. The van der Waals surface area contributed by atoms with Gasteiger partial charge in [0, 0.05) is 40.0 Å². The second-order valence-electron chi connectivity index (χ2n) is 11.1. The fourth-order valence-electron chi connectivity index (χ4n) is 7.22. The lowest BCUT2D eigenvalue weighted by Crippen LogP contribution is -2.55. The number of nitrogens with one attached hydrogen (secondary N) is 1. The lowest BCUT2D eigenvalue weighted by molar-refractivity contribution is -0.125. The number of rotatable bonds is 7. The van der Waals surface area contributed by atoms with Crippen molar-refractivity contribution in [3.63, 3.8) is 0 Å². The Morgan fingerprint density at radius 2 is 1.79 bits per heavy atom. The Morgan fingerprint density at radius 1 is 1.18 bits per heavy atom. The van der Waals surface area contributed by atoms with Crippen molar-refractivity contribution in [3.8, 4) is 0 Å². The lowest BCUT2D eigenvalue weighted by atomic mass is 9.48. The van der Waals surface area contributed by atoms with Crippen LogP contribution in [0.3, 0.4) is 0 Å². The maximum Gasteiger partial charge on any atom is 0.242 e. The van der Waals surface area contributed by atoms with E-state index in [1.165, 1.54) is 56.9 Å². The average Bonchev–Trinajstić information content (AvgIpc) is 3.06. The number of nitrogens with zero attached hydrogens (tertiary/aromatic N) is 3. The zero-order chi connectivity index (χ0) is 23.5. The van der Waals surface area contributed by atoms with Crippen LogP contribution in [0.25, 0.3) is 11.0 Å².